The van der Waals surface area contributed by atoms with Crippen LogP contribution in [0.2, 0.25) is 0 Å². The van der Waals surface area contributed by atoms with E-state index < -0.39 is 0 Å². The highest BCUT2D eigenvalue weighted by atomic mass is 16.2. The molecule has 5 N–H and O–H groups in total. The molecule has 2 unspecified atom stereocenters. The van der Waals surface area contributed by atoms with E-state index in [4.69, 9.17) is 11.5 Å². The summed E-state index contributed by atoms with van der Waals surface area (Å²) >= 11 is 0. The van der Waals surface area contributed by atoms with Crippen LogP contribution in [0.5, 0.6) is 0 Å². The van der Waals surface area contributed by atoms with E-state index in [1.54, 1.807) is 0 Å². The maximum atomic E-state index is 11.6. The second-order valence-electron chi connectivity index (χ2n) is 4.48. The van der Waals surface area contributed by atoms with Crippen LogP contribution in [0.1, 0.15) is 38.5 Å². The van der Waals surface area contributed by atoms with Crippen LogP contribution in [0.4, 0.5) is 0 Å². The second-order valence-corrected chi connectivity index (χ2v) is 4.48. The van der Waals surface area contributed by atoms with E-state index in [9.17, 15) is 9.59 Å². The van der Waals surface area contributed by atoms with Crippen molar-refractivity contribution in [1.82, 2.24) is 5.32 Å². The van der Waals surface area contributed by atoms with Gasteiger partial charge in [0.2, 0.25) is 11.8 Å². The van der Waals surface area contributed by atoms with E-state index in [1.807, 2.05) is 0 Å². The average molecular weight is 227 g/mol. The summed E-state index contributed by atoms with van der Waals surface area (Å²) in [6.45, 7) is 0.623. The predicted octanol–water partition coefficient (Wildman–Crippen LogP) is -0.114. The molecular formula is C11H21N3O2. The summed E-state index contributed by atoms with van der Waals surface area (Å²) in [6.07, 6.45) is 4.57. The summed E-state index contributed by atoms with van der Waals surface area (Å²) < 4.78 is 0. The van der Waals surface area contributed by atoms with Crippen molar-refractivity contribution >= 4 is 11.8 Å². The zero-order valence-corrected chi connectivity index (χ0v) is 9.58. The molecule has 1 fully saturated rings. The van der Waals surface area contributed by atoms with Gasteiger partial charge < -0.3 is 16.8 Å². The molecule has 1 aliphatic carbocycles. The largest absolute Gasteiger partial charge is 0.370 e. The average Bonchev–Trinajstić information content (AvgIpc) is 2.63. The first-order valence-corrected chi connectivity index (χ1v) is 5.91. The molecule has 0 heterocycles. The number of amides is 2. The first-order chi connectivity index (χ1) is 7.59. The molecule has 92 valence electrons. The molecule has 1 saturated carbocycles. The Bertz CT molecular complexity index is 256. The van der Waals surface area contributed by atoms with Gasteiger partial charge >= 0.3 is 0 Å². The molecule has 0 aromatic heterocycles. The summed E-state index contributed by atoms with van der Waals surface area (Å²) in [5.74, 6) is -0.0914. The number of carbonyl (C=O) groups is 2. The fourth-order valence-electron chi connectivity index (χ4n) is 2.03. The van der Waals surface area contributed by atoms with Crippen molar-refractivity contribution in [3.05, 3.63) is 0 Å². The minimum Gasteiger partial charge on any atom is -0.370 e. The molecule has 2 atom stereocenters. The van der Waals surface area contributed by atoms with Crippen molar-refractivity contribution in [3.63, 3.8) is 0 Å². The lowest BCUT2D eigenvalue weighted by molar-refractivity contribution is -0.124. The van der Waals surface area contributed by atoms with Crippen LogP contribution in [0, 0.1) is 5.92 Å². The van der Waals surface area contributed by atoms with E-state index in [-0.39, 0.29) is 23.8 Å². The Hall–Kier alpha value is -1.10. The Labute approximate surface area is 95.9 Å². The summed E-state index contributed by atoms with van der Waals surface area (Å²) in [7, 11) is 0. The number of primary amides is 1. The highest BCUT2D eigenvalue weighted by molar-refractivity contribution is 5.79. The minimum absolute atomic E-state index is 0.0890. The van der Waals surface area contributed by atoms with Crippen LogP contribution in [0.25, 0.3) is 0 Å². The third kappa shape index (κ3) is 4.61. The number of rotatable bonds is 6. The lowest BCUT2D eigenvalue weighted by Crippen LogP contribution is -2.31. The standard InChI is InChI=1S/C11H21N3O2/c12-9-5-4-8(7-9)11(16)14-6-2-1-3-10(13)15/h8-9H,1-7,12H2,(H2,13,15)(H,14,16). The van der Waals surface area contributed by atoms with Crippen LogP contribution in [-0.2, 0) is 9.59 Å². The quantitative estimate of drug-likeness (QED) is 0.552. The van der Waals surface area contributed by atoms with Gasteiger partial charge in [-0.25, -0.2) is 0 Å². The summed E-state index contributed by atoms with van der Waals surface area (Å²) in [4.78, 5) is 22.1. The van der Waals surface area contributed by atoms with Gasteiger partial charge in [-0.2, -0.15) is 0 Å². The van der Waals surface area contributed by atoms with Gasteiger partial charge in [0.05, 0.1) is 0 Å². The Morgan fingerprint density at radius 1 is 1.25 bits per heavy atom. The Morgan fingerprint density at radius 3 is 2.56 bits per heavy atom. The maximum Gasteiger partial charge on any atom is 0.223 e. The molecule has 0 bridgehead atoms. The van der Waals surface area contributed by atoms with Crippen LogP contribution < -0.4 is 16.8 Å². The first-order valence-electron chi connectivity index (χ1n) is 5.91. The third-order valence-electron chi connectivity index (χ3n) is 2.99. The number of hydrogen-bond acceptors (Lipinski definition) is 3. The normalized spacial score (nSPS) is 24.3. The number of carbonyl (C=O) groups excluding carboxylic acids is 2. The van der Waals surface area contributed by atoms with E-state index in [1.165, 1.54) is 0 Å². The number of unbranched alkanes of at least 4 members (excludes halogenated alkanes) is 1. The van der Waals surface area contributed by atoms with Crippen molar-refractivity contribution in [3.8, 4) is 0 Å². The molecule has 2 amide bonds. The topological polar surface area (TPSA) is 98.2 Å². The van der Waals surface area contributed by atoms with Gasteiger partial charge in [-0.15, -0.1) is 0 Å². The molecule has 5 nitrogen and oxygen atoms in total. The van der Waals surface area contributed by atoms with Crippen LogP contribution >= 0.6 is 0 Å². The predicted molar refractivity (Wildman–Crippen MR) is 61.4 cm³/mol. The van der Waals surface area contributed by atoms with Crippen LogP contribution in [-0.4, -0.2) is 24.4 Å². The van der Waals surface area contributed by atoms with E-state index >= 15 is 0 Å². The van der Waals surface area contributed by atoms with Gasteiger partial charge in [0.1, 0.15) is 0 Å². The van der Waals surface area contributed by atoms with Gasteiger partial charge in [0.15, 0.2) is 0 Å². The first kappa shape index (κ1) is 13.0. The van der Waals surface area contributed by atoms with Crippen molar-refractivity contribution in [2.24, 2.45) is 17.4 Å². The Kier molecular flexibility index (Phi) is 5.25. The van der Waals surface area contributed by atoms with Crippen LogP contribution in [0.3, 0.4) is 0 Å². The highest BCUT2D eigenvalue weighted by Crippen LogP contribution is 2.23. The monoisotopic (exact) mass is 227 g/mol. The molecule has 0 spiro atoms. The maximum absolute atomic E-state index is 11.6. The Morgan fingerprint density at radius 2 is 2.00 bits per heavy atom. The van der Waals surface area contributed by atoms with Crippen LogP contribution in [0.15, 0.2) is 0 Å². The van der Waals surface area contributed by atoms with Crippen molar-refractivity contribution < 1.29 is 9.59 Å². The second kappa shape index (κ2) is 6.48. The number of nitrogens with two attached hydrogens (primary N) is 2. The molecule has 0 aromatic rings. The SMILES string of the molecule is NC(=O)CCCCNC(=O)C1CCC(N)C1. The summed E-state index contributed by atoms with van der Waals surface area (Å²) in [5.41, 5.74) is 10.8. The molecule has 16 heavy (non-hydrogen) atoms. The molecule has 1 rings (SSSR count). The van der Waals surface area contributed by atoms with E-state index in [0.29, 0.717) is 13.0 Å². The fourth-order valence-corrected chi connectivity index (χ4v) is 2.03. The zero-order valence-electron chi connectivity index (χ0n) is 9.58. The molecular weight excluding hydrogens is 206 g/mol. The number of nitrogens with one attached hydrogen (secondary N) is 1. The number of hydrogen-bond donors (Lipinski definition) is 3. The van der Waals surface area contributed by atoms with Crippen molar-refractivity contribution in [2.75, 3.05) is 6.54 Å². The van der Waals surface area contributed by atoms with Crippen molar-refractivity contribution in [2.45, 2.75) is 44.6 Å². The van der Waals surface area contributed by atoms with Gasteiger partial charge in [-0.05, 0) is 32.1 Å². The summed E-state index contributed by atoms with van der Waals surface area (Å²) in [5, 5.41) is 2.87. The zero-order chi connectivity index (χ0) is 12.0. The minimum atomic E-state index is -0.284. The fraction of sp³-hybridized carbons (Fsp3) is 0.818. The van der Waals surface area contributed by atoms with Gasteiger partial charge in [-0.1, -0.05) is 0 Å². The lowest BCUT2D eigenvalue weighted by Gasteiger charge is -2.10. The van der Waals surface area contributed by atoms with Crippen molar-refractivity contribution in [1.29, 1.82) is 0 Å². The molecule has 0 saturated heterocycles. The van der Waals surface area contributed by atoms with Gasteiger partial charge in [0.25, 0.3) is 0 Å². The molecule has 1 aliphatic rings. The van der Waals surface area contributed by atoms with E-state index in [0.717, 1.165) is 32.1 Å². The van der Waals surface area contributed by atoms with Gasteiger partial charge in [0, 0.05) is 24.9 Å². The molecule has 5 heteroatoms. The molecule has 0 aromatic carbocycles. The summed E-state index contributed by atoms with van der Waals surface area (Å²) in [6, 6.07) is 0.186. The highest BCUT2D eigenvalue weighted by Gasteiger charge is 2.27. The lowest BCUT2D eigenvalue weighted by atomic mass is 10.1. The van der Waals surface area contributed by atoms with E-state index in [2.05, 4.69) is 5.32 Å². The third-order valence-corrected chi connectivity index (χ3v) is 2.99. The van der Waals surface area contributed by atoms with Gasteiger partial charge in [-0.3, -0.25) is 9.59 Å². The smallest absolute Gasteiger partial charge is 0.223 e. The Balaban J connectivity index is 2.04. The molecule has 0 aliphatic heterocycles. The molecule has 0 radical (unpaired) electrons.